The van der Waals surface area contributed by atoms with Crippen LogP contribution in [0.25, 0.3) is 16.7 Å². The zero-order valence-corrected chi connectivity index (χ0v) is 22.0. The molecule has 0 aliphatic carbocycles. The van der Waals surface area contributed by atoms with E-state index in [1.165, 1.54) is 0 Å². The fraction of sp³-hybridized carbons (Fsp3) is 0.400. The summed E-state index contributed by atoms with van der Waals surface area (Å²) in [6.07, 6.45) is 4.38. The standard InChI is InChI=1S/C30H36N6O/c1-4-25(23-12-7-5-8-13-23)30(37)35-17-11-16-34(18-19-35)28-26-21-31-36(24-14-9-6-10-15-24)29(26)33-27(32-28)20-22(2)3/h5-10,12-15,21-22,25H,4,11,16-20H2,1-3H3/t25-/m1/s1. The Labute approximate surface area is 219 Å². The molecule has 1 atom stereocenters. The first-order valence-corrected chi connectivity index (χ1v) is 13.4. The van der Waals surface area contributed by atoms with E-state index in [9.17, 15) is 4.79 Å². The molecule has 0 radical (unpaired) electrons. The predicted molar refractivity (Wildman–Crippen MR) is 148 cm³/mol. The Morgan fingerprint density at radius 3 is 2.35 bits per heavy atom. The molecule has 1 aliphatic heterocycles. The van der Waals surface area contributed by atoms with Gasteiger partial charge in [-0.1, -0.05) is 69.3 Å². The Hall–Kier alpha value is -3.74. The maximum Gasteiger partial charge on any atom is 0.230 e. The van der Waals surface area contributed by atoms with Gasteiger partial charge in [0.1, 0.15) is 11.6 Å². The van der Waals surface area contributed by atoms with E-state index >= 15 is 0 Å². The molecule has 3 heterocycles. The van der Waals surface area contributed by atoms with E-state index in [-0.39, 0.29) is 11.8 Å². The molecule has 7 heteroatoms. The SMILES string of the molecule is CC[C@@H](C(=O)N1CCCN(c2nc(CC(C)C)nc3c2cnn3-c2ccccc2)CC1)c1ccccc1. The molecular weight excluding hydrogens is 460 g/mol. The van der Waals surface area contributed by atoms with E-state index in [1.807, 2.05) is 64.3 Å². The van der Waals surface area contributed by atoms with Crippen LogP contribution in [0.3, 0.4) is 0 Å². The molecule has 0 spiro atoms. The average molecular weight is 497 g/mol. The topological polar surface area (TPSA) is 67.2 Å². The Morgan fingerprint density at radius 2 is 1.65 bits per heavy atom. The molecule has 1 fully saturated rings. The zero-order valence-electron chi connectivity index (χ0n) is 22.0. The van der Waals surface area contributed by atoms with Crippen molar-refractivity contribution in [3.05, 3.63) is 78.2 Å². The van der Waals surface area contributed by atoms with Gasteiger partial charge in [-0.3, -0.25) is 4.79 Å². The molecule has 5 rings (SSSR count). The number of carbonyl (C=O) groups is 1. The molecule has 4 aromatic rings. The molecule has 37 heavy (non-hydrogen) atoms. The second-order valence-corrected chi connectivity index (χ2v) is 10.2. The summed E-state index contributed by atoms with van der Waals surface area (Å²) in [4.78, 5) is 27.9. The molecule has 1 saturated heterocycles. The summed E-state index contributed by atoms with van der Waals surface area (Å²) < 4.78 is 1.91. The molecule has 0 saturated carbocycles. The summed E-state index contributed by atoms with van der Waals surface area (Å²) >= 11 is 0. The highest BCUT2D eigenvalue weighted by Crippen LogP contribution is 2.28. The molecule has 2 aromatic carbocycles. The number of anilines is 1. The molecule has 2 aromatic heterocycles. The Morgan fingerprint density at radius 1 is 0.919 bits per heavy atom. The largest absolute Gasteiger partial charge is 0.354 e. The highest BCUT2D eigenvalue weighted by molar-refractivity contribution is 5.88. The van der Waals surface area contributed by atoms with Gasteiger partial charge in [-0.15, -0.1) is 0 Å². The lowest BCUT2D eigenvalue weighted by atomic mass is 9.95. The predicted octanol–water partition coefficient (Wildman–Crippen LogP) is 5.25. The van der Waals surface area contributed by atoms with Gasteiger partial charge < -0.3 is 9.80 Å². The molecule has 0 bridgehead atoms. The van der Waals surface area contributed by atoms with Crippen LogP contribution >= 0.6 is 0 Å². The van der Waals surface area contributed by atoms with Crippen molar-refractivity contribution in [2.45, 2.75) is 46.0 Å². The number of benzene rings is 2. The highest BCUT2D eigenvalue weighted by atomic mass is 16.2. The van der Waals surface area contributed by atoms with Crippen molar-refractivity contribution in [3.63, 3.8) is 0 Å². The summed E-state index contributed by atoms with van der Waals surface area (Å²) in [5.74, 6) is 2.33. The van der Waals surface area contributed by atoms with Gasteiger partial charge >= 0.3 is 0 Å². The van der Waals surface area contributed by atoms with E-state index in [4.69, 9.17) is 15.1 Å². The number of hydrogen-bond donors (Lipinski definition) is 0. The van der Waals surface area contributed by atoms with Crippen molar-refractivity contribution in [2.75, 3.05) is 31.1 Å². The second kappa shape index (κ2) is 11.1. The lowest BCUT2D eigenvalue weighted by Gasteiger charge is -2.26. The minimum Gasteiger partial charge on any atom is -0.354 e. The van der Waals surface area contributed by atoms with Crippen molar-refractivity contribution >= 4 is 22.8 Å². The van der Waals surface area contributed by atoms with E-state index in [1.54, 1.807) is 0 Å². The molecule has 0 N–H and O–H groups in total. The van der Waals surface area contributed by atoms with Crippen molar-refractivity contribution < 1.29 is 4.79 Å². The van der Waals surface area contributed by atoms with Crippen LogP contribution in [0.2, 0.25) is 0 Å². The number of nitrogens with zero attached hydrogens (tertiary/aromatic N) is 6. The van der Waals surface area contributed by atoms with Crippen molar-refractivity contribution in [1.82, 2.24) is 24.6 Å². The van der Waals surface area contributed by atoms with E-state index in [0.717, 1.165) is 72.8 Å². The second-order valence-electron chi connectivity index (χ2n) is 10.2. The zero-order chi connectivity index (χ0) is 25.8. The van der Waals surface area contributed by atoms with Crippen LogP contribution in [0.5, 0.6) is 0 Å². The lowest BCUT2D eigenvalue weighted by Crippen LogP contribution is -2.38. The van der Waals surface area contributed by atoms with Gasteiger partial charge in [0.25, 0.3) is 0 Å². The normalized spacial score (nSPS) is 15.2. The van der Waals surface area contributed by atoms with Crippen LogP contribution in [0.4, 0.5) is 5.82 Å². The average Bonchev–Trinajstić information content (AvgIpc) is 3.18. The summed E-state index contributed by atoms with van der Waals surface area (Å²) in [7, 11) is 0. The van der Waals surface area contributed by atoms with Crippen molar-refractivity contribution in [2.24, 2.45) is 5.92 Å². The number of para-hydroxylation sites is 1. The van der Waals surface area contributed by atoms with Crippen molar-refractivity contribution in [1.29, 1.82) is 0 Å². The quantitative estimate of drug-likeness (QED) is 0.350. The Bertz CT molecular complexity index is 1330. The van der Waals surface area contributed by atoms with Crippen LogP contribution in [-0.4, -0.2) is 56.7 Å². The van der Waals surface area contributed by atoms with Gasteiger partial charge in [-0.2, -0.15) is 5.10 Å². The molecular formula is C30H36N6O. The monoisotopic (exact) mass is 496 g/mol. The summed E-state index contributed by atoms with van der Waals surface area (Å²) in [5.41, 5.74) is 2.91. The summed E-state index contributed by atoms with van der Waals surface area (Å²) in [5, 5.41) is 5.65. The van der Waals surface area contributed by atoms with Gasteiger partial charge in [0.2, 0.25) is 5.91 Å². The first kappa shape index (κ1) is 24.9. The number of aromatic nitrogens is 4. The maximum absolute atomic E-state index is 13.5. The molecule has 7 nitrogen and oxygen atoms in total. The van der Waals surface area contributed by atoms with E-state index < -0.39 is 0 Å². The minimum absolute atomic E-state index is 0.0970. The first-order chi connectivity index (χ1) is 18.0. The third-order valence-corrected chi connectivity index (χ3v) is 7.06. The van der Waals surface area contributed by atoms with E-state index in [2.05, 4.69) is 37.8 Å². The first-order valence-electron chi connectivity index (χ1n) is 13.4. The number of carbonyl (C=O) groups excluding carboxylic acids is 1. The van der Waals surface area contributed by atoms with Gasteiger partial charge in [-0.05, 0) is 36.5 Å². The van der Waals surface area contributed by atoms with Crippen LogP contribution in [0.1, 0.15) is 50.9 Å². The number of hydrogen-bond acceptors (Lipinski definition) is 5. The molecule has 1 amide bonds. The highest BCUT2D eigenvalue weighted by Gasteiger charge is 2.28. The van der Waals surface area contributed by atoms with Gasteiger partial charge in [0.05, 0.1) is 23.2 Å². The van der Waals surface area contributed by atoms with Gasteiger partial charge in [0.15, 0.2) is 5.65 Å². The van der Waals surface area contributed by atoms with Crippen LogP contribution in [0.15, 0.2) is 66.9 Å². The third-order valence-electron chi connectivity index (χ3n) is 7.06. The molecule has 1 aliphatic rings. The van der Waals surface area contributed by atoms with Crippen LogP contribution in [-0.2, 0) is 11.2 Å². The minimum atomic E-state index is -0.0970. The number of fused-ring (bicyclic) bond motifs is 1. The summed E-state index contributed by atoms with van der Waals surface area (Å²) in [6.45, 7) is 9.49. The fourth-order valence-corrected chi connectivity index (χ4v) is 5.20. The lowest BCUT2D eigenvalue weighted by molar-refractivity contribution is -0.132. The van der Waals surface area contributed by atoms with Crippen LogP contribution < -0.4 is 4.90 Å². The third kappa shape index (κ3) is 5.36. The van der Waals surface area contributed by atoms with Crippen LogP contribution in [0, 0.1) is 5.92 Å². The number of rotatable bonds is 7. The van der Waals surface area contributed by atoms with Gasteiger partial charge in [0, 0.05) is 32.6 Å². The summed E-state index contributed by atoms with van der Waals surface area (Å²) in [6, 6.07) is 20.3. The molecule has 192 valence electrons. The van der Waals surface area contributed by atoms with Crippen molar-refractivity contribution in [3.8, 4) is 5.69 Å². The van der Waals surface area contributed by atoms with Gasteiger partial charge in [-0.25, -0.2) is 14.6 Å². The van der Waals surface area contributed by atoms with E-state index in [0.29, 0.717) is 12.5 Å². The smallest absolute Gasteiger partial charge is 0.230 e. The molecule has 0 unspecified atom stereocenters. The fourth-order valence-electron chi connectivity index (χ4n) is 5.20. The number of amides is 1. The maximum atomic E-state index is 13.5. The Kier molecular flexibility index (Phi) is 7.49. The Balaban J connectivity index is 1.43.